The van der Waals surface area contributed by atoms with E-state index in [-0.39, 0.29) is 5.36 Å². The summed E-state index contributed by atoms with van der Waals surface area (Å²) >= 11 is 0. The van der Waals surface area contributed by atoms with Crippen LogP contribution in [-0.2, 0) is 0 Å². The first-order valence-corrected chi connectivity index (χ1v) is 7.01. The van der Waals surface area contributed by atoms with E-state index >= 15 is 0 Å². The Labute approximate surface area is 130 Å². The second kappa shape index (κ2) is 5.21. The van der Waals surface area contributed by atoms with E-state index in [9.17, 15) is 9.60 Å². The third kappa shape index (κ3) is 2.32. The van der Waals surface area contributed by atoms with E-state index in [0.717, 1.165) is 10.8 Å². The van der Waals surface area contributed by atoms with Crippen molar-refractivity contribution in [2.24, 2.45) is 5.16 Å². The summed E-state index contributed by atoms with van der Waals surface area (Å²) in [6, 6.07) is 15.3. The summed E-state index contributed by atoms with van der Waals surface area (Å²) in [5.41, 5.74) is 1.03. The normalized spacial score (nSPS) is 12.1. The van der Waals surface area contributed by atoms with Gasteiger partial charge in [0.15, 0.2) is 5.76 Å². The summed E-state index contributed by atoms with van der Waals surface area (Å²) in [4.78, 5) is 4.39. The topological polar surface area (TPSA) is 58.6 Å². The van der Waals surface area contributed by atoms with Crippen molar-refractivity contribution in [1.29, 1.82) is 0 Å². The molecule has 2 heterocycles. The second-order valence-corrected chi connectivity index (χ2v) is 5.15. The fourth-order valence-corrected chi connectivity index (χ4v) is 2.57. The van der Waals surface area contributed by atoms with Crippen molar-refractivity contribution >= 4 is 21.7 Å². The molecule has 0 aliphatic heterocycles. The van der Waals surface area contributed by atoms with Crippen LogP contribution in [0.5, 0.6) is 0 Å². The fraction of sp³-hybridized carbons (Fsp3) is 0. The Hall–Kier alpha value is -3.21. The van der Waals surface area contributed by atoms with E-state index in [2.05, 4.69) is 10.1 Å². The van der Waals surface area contributed by atoms with Gasteiger partial charge in [-0.1, -0.05) is 29.4 Å². The van der Waals surface area contributed by atoms with Crippen molar-refractivity contribution in [3.05, 3.63) is 72.0 Å². The third-order valence-corrected chi connectivity index (χ3v) is 3.70. The zero-order valence-electron chi connectivity index (χ0n) is 11.9. The lowest BCUT2D eigenvalue weighted by Gasteiger charge is -2.05. The Morgan fingerprint density at radius 2 is 1.83 bits per heavy atom. The highest BCUT2D eigenvalue weighted by molar-refractivity contribution is 5.85. The van der Waals surface area contributed by atoms with Crippen LogP contribution in [0.2, 0.25) is 0 Å². The summed E-state index contributed by atoms with van der Waals surface area (Å²) in [6.45, 7) is 0. The minimum atomic E-state index is -0.422. The highest BCUT2D eigenvalue weighted by Crippen LogP contribution is 2.24. The molecule has 2 aromatic carbocycles. The molecule has 4 rings (SSSR count). The van der Waals surface area contributed by atoms with Crippen molar-refractivity contribution in [2.75, 3.05) is 0 Å². The van der Waals surface area contributed by atoms with E-state index < -0.39 is 5.82 Å². The largest absolute Gasteiger partial charge is 0.454 e. The SMILES string of the molecule is O/N=c1\cc(-c2cc3ccccc3cn2)oc2ccc(F)cc12. The highest BCUT2D eigenvalue weighted by atomic mass is 19.1. The lowest BCUT2D eigenvalue weighted by molar-refractivity contribution is 0.302. The standard InChI is InChI=1S/C18H11FN2O2/c19-13-5-6-17-14(8-13)15(21-22)9-18(23-17)16-7-11-3-1-2-4-12(11)10-20-16/h1-10,22H/b21-15+. The molecule has 0 aliphatic rings. The highest BCUT2D eigenvalue weighted by Gasteiger charge is 2.09. The number of rotatable bonds is 1. The molecular weight excluding hydrogens is 295 g/mol. The Morgan fingerprint density at radius 1 is 1.00 bits per heavy atom. The molecular formula is C18H11FN2O2. The van der Waals surface area contributed by atoms with Gasteiger partial charge in [-0.2, -0.15) is 0 Å². The minimum Gasteiger partial charge on any atom is -0.454 e. The first-order valence-electron chi connectivity index (χ1n) is 7.01. The van der Waals surface area contributed by atoms with Crippen LogP contribution >= 0.6 is 0 Å². The predicted molar refractivity (Wildman–Crippen MR) is 84.3 cm³/mol. The van der Waals surface area contributed by atoms with Gasteiger partial charge in [0.25, 0.3) is 0 Å². The van der Waals surface area contributed by atoms with E-state index in [1.807, 2.05) is 30.3 Å². The van der Waals surface area contributed by atoms with Crippen LogP contribution < -0.4 is 5.36 Å². The quantitative estimate of drug-likeness (QED) is 0.426. The van der Waals surface area contributed by atoms with Crippen LogP contribution in [0, 0.1) is 5.82 Å². The molecule has 112 valence electrons. The molecule has 4 aromatic rings. The molecule has 0 saturated carbocycles. The number of hydrogen-bond donors (Lipinski definition) is 1. The molecule has 5 heteroatoms. The third-order valence-electron chi connectivity index (χ3n) is 3.70. The van der Waals surface area contributed by atoms with Crippen molar-refractivity contribution in [3.63, 3.8) is 0 Å². The Morgan fingerprint density at radius 3 is 2.65 bits per heavy atom. The average Bonchev–Trinajstić information content (AvgIpc) is 2.60. The lowest BCUT2D eigenvalue weighted by Crippen LogP contribution is -2.04. The lowest BCUT2D eigenvalue weighted by atomic mass is 10.1. The van der Waals surface area contributed by atoms with Crippen LogP contribution in [0.3, 0.4) is 0 Å². The van der Waals surface area contributed by atoms with Gasteiger partial charge in [-0.15, -0.1) is 0 Å². The number of nitrogens with zero attached hydrogens (tertiary/aromatic N) is 2. The first-order chi connectivity index (χ1) is 11.2. The molecule has 0 amide bonds. The number of fused-ring (bicyclic) bond motifs is 2. The molecule has 0 radical (unpaired) electrons. The van der Waals surface area contributed by atoms with E-state index in [1.165, 1.54) is 18.2 Å². The second-order valence-electron chi connectivity index (χ2n) is 5.15. The van der Waals surface area contributed by atoms with Gasteiger partial charge >= 0.3 is 0 Å². The number of pyridine rings is 1. The summed E-state index contributed by atoms with van der Waals surface area (Å²) in [5, 5.41) is 15.1. The molecule has 0 saturated heterocycles. The summed E-state index contributed by atoms with van der Waals surface area (Å²) in [6.07, 6.45) is 1.75. The average molecular weight is 306 g/mol. The summed E-state index contributed by atoms with van der Waals surface area (Å²) < 4.78 is 19.2. The maximum atomic E-state index is 13.4. The summed E-state index contributed by atoms with van der Waals surface area (Å²) in [7, 11) is 0. The zero-order valence-corrected chi connectivity index (χ0v) is 11.9. The van der Waals surface area contributed by atoms with Gasteiger partial charge in [0.2, 0.25) is 0 Å². The van der Waals surface area contributed by atoms with E-state index in [4.69, 9.17) is 4.42 Å². The monoisotopic (exact) mass is 306 g/mol. The molecule has 0 fully saturated rings. The number of halogens is 1. The Bertz CT molecular complexity index is 1100. The van der Waals surface area contributed by atoms with Crippen LogP contribution in [0.15, 0.2) is 70.4 Å². The van der Waals surface area contributed by atoms with E-state index in [0.29, 0.717) is 22.4 Å². The van der Waals surface area contributed by atoms with E-state index in [1.54, 1.807) is 12.3 Å². The van der Waals surface area contributed by atoms with Gasteiger partial charge < -0.3 is 9.62 Å². The minimum absolute atomic E-state index is 0.232. The maximum Gasteiger partial charge on any atom is 0.155 e. The number of aromatic nitrogens is 1. The predicted octanol–water partition coefficient (Wildman–Crippen LogP) is 4.08. The maximum absolute atomic E-state index is 13.4. The van der Waals surface area contributed by atoms with Gasteiger partial charge in [-0.25, -0.2) is 4.39 Å². The van der Waals surface area contributed by atoms with Gasteiger partial charge in [-0.3, -0.25) is 4.98 Å². The van der Waals surface area contributed by atoms with Gasteiger partial charge in [0.05, 0.1) is 0 Å². The number of hydrogen-bond acceptors (Lipinski definition) is 4. The molecule has 0 unspecified atom stereocenters. The van der Waals surface area contributed by atoms with Gasteiger partial charge in [0.1, 0.15) is 22.5 Å². The molecule has 0 aliphatic carbocycles. The molecule has 0 spiro atoms. The molecule has 23 heavy (non-hydrogen) atoms. The van der Waals surface area contributed by atoms with Crippen molar-refractivity contribution in [1.82, 2.24) is 4.98 Å². The van der Waals surface area contributed by atoms with Crippen molar-refractivity contribution < 1.29 is 14.0 Å². The van der Waals surface area contributed by atoms with Crippen molar-refractivity contribution in [2.45, 2.75) is 0 Å². The molecule has 0 atom stereocenters. The van der Waals surface area contributed by atoms with Crippen LogP contribution in [0.4, 0.5) is 4.39 Å². The molecule has 4 nitrogen and oxygen atoms in total. The molecule has 2 aromatic heterocycles. The smallest absolute Gasteiger partial charge is 0.155 e. The Balaban J connectivity index is 1.99. The molecule has 1 N–H and O–H groups in total. The fourth-order valence-electron chi connectivity index (χ4n) is 2.57. The van der Waals surface area contributed by atoms with Crippen LogP contribution in [0.25, 0.3) is 33.2 Å². The van der Waals surface area contributed by atoms with Crippen LogP contribution in [-0.4, -0.2) is 10.2 Å². The first kappa shape index (κ1) is 13.5. The Kier molecular flexibility index (Phi) is 3.05. The van der Waals surface area contributed by atoms with Gasteiger partial charge in [0, 0.05) is 23.0 Å². The van der Waals surface area contributed by atoms with Gasteiger partial charge in [-0.05, 0) is 29.7 Å². The molecule has 0 bridgehead atoms. The summed E-state index contributed by atoms with van der Waals surface area (Å²) in [5.74, 6) is 0.0249. The van der Waals surface area contributed by atoms with Crippen LogP contribution in [0.1, 0.15) is 0 Å². The number of benzene rings is 2. The van der Waals surface area contributed by atoms with Crippen molar-refractivity contribution in [3.8, 4) is 11.5 Å². The zero-order chi connectivity index (χ0) is 15.8.